The highest BCUT2D eigenvalue weighted by molar-refractivity contribution is 4.82. The summed E-state index contributed by atoms with van der Waals surface area (Å²) in [6, 6.07) is 0.759. The van der Waals surface area contributed by atoms with Crippen LogP contribution in [0.1, 0.15) is 38.5 Å². The van der Waals surface area contributed by atoms with Gasteiger partial charge in [0.05, 0.1) is 12.7 Å². The Hall–Kier alpha value is -0.120. The molecule has 0 spiro atoms. The van der Waals surface area contributed by atoms with E-state index in [4.69, 9.17) is 9.47 Å². The molecule has 2 aliphatic carbocycles. The highest BCUT2D eigenvalue weighted by Gasteiger charge is 2.23. The van der Waals surface area contributed by atoms with Crippen molar-refractivity contribution in [1.82, 2.24) is 5.32 Å². The molecule has 2 saturated carbocycles. The molecule has 0 aromatic heterocycles. The van der Waals surface area contributed by atoms with Crippen molar-refractivity contribution in [3.63, 3.8) is 0 Å². The van der Waals surface area contributed by atoms with Crippen LogP contribution in [0.5, 0.6) is 0 Å². The van der Waals surface area contributed by atoms with Crippen molar-refractivity contribution in [3.8, 4) is 0 Å². The van der Waals surface area contributed by atoms with Gasteiger partial charge in [0, 0.05) is 26.3 Å². The van der Waals surface area contributed by atoms with Gasteiger partial charge in [-0.15, -0.1) is 0 Å². The number of methoxy groups -OCH3 is 1. The Morgan fingerprint density at radius 1 is 1.19 bits per heavy atom. The van der Waals surface area contributed by atoms with Crippen molar-refractivity contribution in [1.29, 1.82) is 0 Å². The Kier molecular flexibility index (Phi) is 5.07. The maximum absolute atomic E-state index is 5.96. The smallest absolute Gasteiger partial charge is 0.0932 e. The van der Waals surface area contributed by atoms with Crippen LogP contribution in [0.3, 0.4) is 0 Å². The summed E-state index contributed by atoms with van der Waals surface area (Å²) < 4.78 is 11.2. The summed E-state index contributed by atoms with van der Waals surface area (Å²) >= 11 is 0. The van der Waals surface area contributed by atoms with Crippen LogP contribution in [0.4, 0.5) is 0 Å². The number of rotatable bonds is 8. The van der Waals surface area contributed by atoms with Crippen LogP contribution in [0.2, 0.25) is 0 Å². The number of nitrogens with one attached hydrogen (secondary N) is 1. The van der Waals surface area contributed by atoms with Gasteiger partial charge in [-0.25, -0.2) is 0 Å². The van der Waals surface area contributed by atoms with Gasteiger partial charge in [-0.1, -0.05) is 12.8 Å². The first-order valence-electron chi connectivity index (χ1n) is 6.72. The van der Waals surface area contributed by atoms with Crippen molar-refractivity contribution in [2.75, 3.05) is 26.9 Å². The third-order valence-electron chi connectivity index (χ3n) is 3.61. The molecule has 0 amide bonds. The summed E-state index contributed by atoms with van der Waals surface area (Å²) in [6.45, 7) is 2.60. The highest BCUT2D eigenvalue weighted by atomic mass is 16.5. The van der Waals surface area contributed by atoms with Gasteiger partial charge >= 0.3 is 0 Å². The Labute approximate surface area is 98.9 Å². The molecule has 94 valence electrons. The Morgan fingerprint density at radius 3 is 2.56 bits per heavy atom. The van der Waals surface area contributed by atoms with Gasteiger partial charge in [0.2, 0.25) is 0 Å². The average Bonchev–Trinajstić information content (AvgIpc) is 2.97. The molecule has 0 heterocycles. The third kappa shape index (κ3) is 4.40. The van der Waals surface area contributed by atoms with Crippen molar-refractivity contribution in [2.45, 2.75) is 50.7 Å². The molecular formula is C13H25NO2. The second-order valence-electron chi connectivity index (χ2n) is 5.24. The van der Waals surface area contributed by atoms with E-state index in [2.05, 4.69) is 5.32 Å². The molecule has 2 fully saturated rings. The molecule has 0 saturated heterocycles. The molecule has 16 heavy (non-hydrogen) atoms. The topological polar surface area (TPSA) is 30.5 Å². The first kappa shape index (κ1) is 12.3. The quantitative estimate of drug-likeness (QED) is 0.687. The van der Waals surface area contributed by atoms with Gasteiger partial charge in [0.15, 0.2) is 0 Å². The third-order valence-corrected chi connectivity index (χ3v) is 3.61. The van der Waals surface area contributed by atoms with Gasteiger partial charge in [0.1, 0.15) is 0 Å². The average molecular weight is 227 g/mol. The molecule has 0 aromatic rings. The molecule has 0 radical (unpaired) electrons. The highest BCUT2D eigenvalue weighted by Crippen LogP contribution is 2.25. The minimum atomic E-state index is 0.242. The first-order valence-corrected chi connectivity index (χ1v) is 6.72. The minimum Gasteiger partial charge on any atom is -0.382 e. The molecule has 0 bridgehead atoms. The summed E-state index contributed by atoms with van der Waals surface area (Å²) in [5.74, 6) is 0.806. The van der Waals surface area contributed by atoms with Crippen molar-refractivity contribution in [2.24, 2.45) is 5.92 Å². The molecule has 1 atom stereocenters. The first-order chi connectivity index (χ1) is 7.88. The van der Waals surface area contributed by atoms with Gasteiger partial charge in [-0.05, 0) is 31.6 Å². The fraction of sp³-hybridized carbons (Fsp3) is 1.00. The molecule has 1 unspecified atom stereocenters. The normalized spacial score (nSPS) is 23.8. The molecule has 3 nitrogen and oxygen atoms in total. The second kappa shape index (κ2) is 6.58. The van der Waals surface area contributed by atoms with E-state index in [9.17, 15) is 0 Å². The lowest BCUT2D eigenvalue weighted by atomic mass is 10.1. The zero-order chi connectivity index (χ0) is 11.2. The standard InChI is InChI=1S/C13H25NO2/c1-15-10-13(8-14-12-6-7-12)16-9-11-4-2-3-5-11/h11-14H,2-10H2,1H3. The van der Waals surface area contributed by atoms with Crippen molar-refractivity contribution in [3.05, 3.63) is 0 Å². The van der Waals surface area contributed by atoms with Crippen LogP contribution in [0, 0.1) is 5.92 Å². The van der Waals surface area contributed by atoms with E-state index in [1.807, 2.05) is 0 Å². The molecule has 2 aliphatic rings. The Balaban J connectivity index is 1.59. The van der Waals surface area contributed by atoms with Gasteiger partial charge in [-0.3, -0.25) is 0 Å². The Bertz CT molecular complexity index is 188. The molecule has 2 rings (SSSR count). The second-order valence-corrected chi connectivity index (χ2v) is 5.24. The summed E-state index contributed by atoms with van der Waals surface area (Å²) in [6.07, 6.45) is 8.41. The van der Waals surface area contributed by atoms with Crippen LogP contribution in [-0.4, -0.2) is 39.0 Å². The summed E-state index contributed by atoms with van der Waals surface area (Å²) in [5, 5.41) is 3.51. The molecule has 0 aromatic carbocycles. The van der Waals surface area contributed by atoms with E-state index in [1.54, 1.807) is 7.11 Å². The van der Waals surface area contributed by atoms with Crippen LogP contribution >= 0.6 is 0 Å². The van der Waals surface area contributed by atoms with E-state index < -0.39 is 0 Å². The number of ether oxygens (including phenoxy) is 2. The van der Waals surface area contributed by atoms with E-state index in [0.29, 0.717) is 6.61 Å². The van der Waals surface area contributed by atoms with Crippen molar-refractivity contribution >= 4 is 0 Å². The SMILES string of the molecule is COCC(CNC1CC1)OCC1CCCC1. The van der Waals surface area contributed by atoms with E-state index >= 15 is 0 Å². The van der Waals surface area contributed by atoms with Crippen LogP contribution in [0.25, 0.3) is 0 Å². The molecular weight excluding hydrogens is 202 g/mol. The summed E-state index contributed by atoms with van der Waals surface area (Å²) in [4.78, 5) is 0. The van der Waals surface area contributed by atoms with Gasteiger partial charge in [-0.2, -0.15) is 0 Å². The lowest BCUT2D eigenvalue weighted by molar-refractivity contribution is -0.0153. The summed E-state index contributed by atoms with van der Waals surface area (Å²) in [7, 11) is 1.75. The maximum atomic E-state index is 5.96. The predicted octanol–water partition coefficient (Wildman–Crippen LogP) is 1.96. The maximum Gasteiger partial charge on any atom is 0.0932 e. The fourth-order valence-corrected chi connectivity index (χ4v) is 2.39. The zero-order valence-electron chi connectivity index (χ0n) is 10.4. The van der Waals surface area contributed by atoms with E-state index in [0.717, 1.165) is 25.1 Å². The predicted molar refractivity (Wildman–Crippen MR) is 64.6 cm³/mol. The molecule has 0 aliphatic heterocycles. The van der Waals surface area contributed by atoms with Gasteiger partial charge < -0.3 is 14.8 Å². The molecule has 3 heteroatoms. The molecule has 1 N–H and O–H groups in total. The Morgan fingerprint density at radius 2 is 1.94 bits per heavy atom. The number of hydrogen-bond donors (Lipinski definition) is 1. The van der Waals surface area contributed by atoms with E-state index in [1.165, 1.54) is 38.5 Å². The van der Waals surface area contributed by atoms with Crippen LogP contribution in [0.15, 0.2) is 0 Å². The minimum absolute atomic E-state index is 0.242. The number of hydrogen-bond acceptors (Lipinski definition) is 3. The van der Waals surface area contributed by atoms with Crippen LogP contribution < -0.4 is 5.32 Å². The van der Waals surface area contributed by atoms with Gasteiger partial charge in [0.25, 0.3) is 0 Å². The summed E-state index contributed by atoms with van der Waals surface area (Å²) in [5.41, 5.74) is 0. The largest absolute Gasteiger partial charge is 0.382 e. The van der Waals surface area contributed by atoms with E-state index in [-0.39, 0.29) is 6.10 Å². The lowest BCUT2D eigenvalue weighted by Gasteiger charge is -2.20. The van der Waals surface area contributed by atoms with Crippen molar-refractivity contribution < 1.29 is 9.47 Å². The van der Waals surface area contributed by atoms with Crippen LogP contribution in [-0.2, 0) is 9.47 Å². The monoisotopic (exact) mass is 227 g/mol. The lowest BCUT2D eigenvalue weighted by Crippen LogP contribution is -2.34. The fourth-order valence-electron chi connectivity index (χ4n) is 2.39. The zero-order valence-corrected chi connectivity index (χ0v) is 10.4.